The Hall–Kier alpha value is -3.45. The van der Waals surface area contributed by atoms with Gasteiger partial charge in [-0.2, -0.15) is 5.10 Å². The molecule has 154 valence electrons. The number of anilines is 2. The van der Waals surface area contributed by atoms with E-state index in [-0.39, 0.29) is 24.4 Å². The highest BCUT2D eigenvalue weighted by atomic mass is 16.2. The molecular weight excluding hydrogens is 378 g/mol. The Morgan fingerprint density at radius 3 is 2.67 bits per heavy atom. The lowest BCUT2D eigenvalue weighted by Gasteiger charge is -2.33. The smallest absolute Gasteiger partial charge is 0.244 e. The number of hydrogen-bond acceptors (Lipinski definition) is 4. The molecule has 2 aromatic carbocycles. The first-order valence-corrected chi connectivity index (χ1v) is 9.97. The molecule has 2 heterocycles. The molecule has 30 heavy (non-hydrogen) atoms. The molecule has 4 rings (SSSR count). The summed E-state index contributed by atoms with van der Waals surface area (Å²) in [6, 6.07) is 17.1. The van der Waals surface area contributed by atoms with Gasteiger partial charge in [-0.1, -0.05) is 42.5 Å². The zero-order valence-corrected chi connectivity index (χ0v) is 17.2. The summed E-state index contributed by atoms with van der Waals surface area (Å²) in [6.07, 6.45) is 3.84. The number of hydrogen-bond donors (Lipinski definition) is 1. The third kappa shape index (κ3) is 4.26. The molecule has 1 atom stereocenters. The van der Waals surface area contributed by atoms with Gasteiger partial charge in [-0.05, 0) is 31.7 Å². The van der Waals surface area contributed by atoms with Crippen LogP contribution < -0.4 is 10.2 Å². The topological polar surface area (TPSA) is 70.5 Å². The Morgan fingerprint density at radius 2 is 1.87 bits per heavy atom. The van der Waals surface area contributed by atoms with Crippen molar-refractivity contribution in [1.29, 1.82) is 0 Å². The van der Waals surface area contributed by atoms with E-state index in [4.69, 9.17) is 0 Å². The lowest BCUT2D eigenvalue weighted by Crippen LogP contribution is -2.50. The first-order valence-electron chi connectivity index (χ1n) is 9.97. The van der Waals surface area contributed by atoms with Crippen LogP contribution in [0.2, 0.25) is 0 Å². The summed E-state index contributed by atoms with van der Waals surface area (Å²) < 4.78 is 1.90. The van der Waals surface area contributed by atoms with E-state index in [9.17, 15) is 9.59 Å². The van der Waals surface area contributed by atoms with Crippen LogP contribution in [0.5, 0.6) is 0 Å². The summed E-state index contributed by atoms with van der Waals surface area (Å²) in [5.41, 5.74) is 3.62. The predicted octanol–water partition coefficient (Wildman–Crippen LogP) is 2.74. The molecule has 0 radical (unpaired) electrons. The van der Waals surface area contributed by atoms with E-state index in [1.54, 1.807) is 4.90 Å². The Morgan fingerprint density at radius 1 is 1.13 bits per heavy atom. The van der Waals surface area contributed by atoms with Crippen LogP contribution in [0.4, 0.5) is 11.4 Å². The van der Waals surface area contributed by atoms with Crippen molar-refractivity contribution in [3.63, 3.8) is 0 Å². The minimum absolute atomic E-state index is 0.0308. The van der Waals surface area contributed by atoms with E-state index in [1.165, 1.54) is 5.56 Å². The van der Waals surface area contributed by atoms with E-state index in [1.807, 2.05) is 78.4 Å². The van der Waals surface area contributed by atoms with Crippen molar-refractivity contribution in [2.45, 2.75) is 26.1 Å². The molecule has 7 heteroatoms. The van der Waals surface area contributed by atoms with Gasteiger partial charge in [0, 0.05) is 18.3 Å². The molecule has 2 amide bonds. The van der Waals surface area contributed by atoms with Crippen molar-refractivity contribution in [1.82, 2.24) is 14.7 Å². The lowest BCUT2D eigenvalue weighted by atomic mass is 10.1. The zero-order chi connectivity index (χ0) is 21.1. The van der Waals surface area contributed by atoms with Crippen LogP contribution in [0.25, 0.3) is 0 Å². The van der Waals surface area contributed by atoms with Crippen molar-refractivity contribution >= 4 is 23.2 Å². The fraction of sp³-hybridized carbons (Fsp3) is 0.261. The van der Waals surface area contributed by atoms with Crippen molar-refractivity contribution in [2.75, 3.05) is 23.8 Å². The number of aromatic nitrogens is 2. The third-order valence-corrected chi connectivity index (χ3v) is 5.36. The van der Waals surface area contributed by atoms with Gasteiger partial charge in [-0.3, -0.25) is 24.1 Å². The van der Waals surface area contributed by atoms with Gasteiger partial charge in [0.1, 0.15) is 6.54 Å². The molecule has 0 saturated carbocycles. The summed E-state index contributed by atoms with van der Waals surface area (Å²) in [4.78, 5) is 28.8. The first kappa shape index (κ1) is 19.8. The van der Waals surface area contributed by atoms with E-state index in [0.717, 1.165) is 11.3 Å². The molecule has 1 aromatic heterocycles. The first-order chi connectivity index (χ1) is 14.5. The second kappa shape index (κ2) is 8.51. The number of rotatable bonds is 6. The quantitative estimate of drug-likeness (QED) is 0.687. The third-order valence-electron chi connectivity index (χ3n) is 5.36. The summed E-state index contributed by atoms with van der Waals surface area (Å²) in [5, 5.41) is 7.26. The van der Waals surface area contributed by atoms with Gasteiger partial charge in [0.05, 0.1) is 30.2 Å². The maximum atomic E-state index is 13.2. The number of fused-ring (bicyclic) bond motifs is 1. The van der Waals surface area contributed by atoms with E-state index in [0.29, 0.717) is 18.8 Å². The molecule has 1 N–H and O–H groups in total. The Labute approximate surface area is 175 Å². The fourth-order valence-electron chi connectivity index (χ4n) is 3.61. The molecule has 1 aliphatic rings. The van der Waals surface area contributed by atoms with E-state index in [2.05, 4.69) is 22.5 Å². The maximum absolute atomic E-state index is 13.2. The van der Waals surface area contributed by atoms with Crippen LogP contribution in [0.1, 0.15) is 18.1 Å². The zero-order valence-electron chi connectivity index (χ0n) is 17.2. The molecule has 0 fully saturated rings. The molecular formula is C23H25N5O2. The highest BCUT2D eigenvalue weighted by Crippen LogP contribution is 2.29. The molecule has 7 nitrogen and oxygen atoms in total. The van der Waals surface area contributed by atoms with E-state index >= 15 is 0 Å². The number of carbonyl (C=O) groups excluding carboxylic acids is 2. The Balaban J connectivity index is 1.42. The largest absolute Gasteiger partial charge is 0.323 e. The number of nitrogens with zero attached hydrogens (tertiary/aromatic N) is 4. The van der Waals surface area contributed by atoms with Gasteiger partial charge in [0.15, 0.2) is 0 Å². The fourth-order valence-corrected chi connectivity index (χ4v) is 3.61. The number of nitrogens with one attached hydrogen (secondary N) is 1. The number of carbonyl (C=O) groups is 2. The predicted molar refractivity (Wildman–Crippen MR) is 116 cm³/mol. The SMILES string of the molecule is CC(C(=O)N1CC(=O)Nc2ccccc21)N(C)Cc1cnn(Cc2ccccc2)c1. The normalized spacial score (nSPS) is 14.4. The maximum Gasteiger partial charge on any atom is 0.244 e. The van der Waals surface area contributed by atoms with Gasteiger partial charge < -0.3 is 5.32 Å². The molecule has 0 spiro atoms. The minimum atomic E-state index is -0.388. The average Bonchev–Trinajstić information content (AvgIpc) is 3.19. The average molecular weight is 403 g/mol. The summed E-state index contributed by atoms with van der Waals surface area (Å²) in [6.45, 7) is 3.19. The van der Waals surface area contributed by atoms with Crippen LogP contribution in [-0.2, 0) is 22.7 Å². The van der Waals surface area contributed by atoms with Gasteiger partial charge in [0.2, 0.25) is 11.8 Å². The second-order valence-corrected chi connectivity index (χ2v) is 7.61. The van der Waals surface area contributed by atoms with Gasteiger partial charge in [-0.15, -0.1) is 0 Å². The number of benzene rings is 2. The second-order valence-electron chi connectivity index (χ2n) is 7.61. The van der Waals surface area contributed by atoms with Crippen molar-refractivity contribution in [3.8, 4) is 0 Å². The van der Waals surface area contributed by atoms with Crippen LogP contribution in [0, 0.1) is 0 Å². The van der Waals surface area contributed by atoms with Crippen molar-refractivity contribution < 1.29 is 9.59 Å². The molecule has 1 aliphatic heterocycles. The highest BCUT2D eigenvalue weighted by molar-refractivity contribution is 6.11. The van der Waals surface area contributed by atoms with Crippen LogP contribution in [-0.4, -0.2) is 46.1 Å². The molecule has 0 aliphatic carbocycles. The van der Waals surface area contributed by atoms with E-state index < -0.39 is 0 Å². The van der Waals surface area contributed by atoms with Gasteiger partial charge in [-0.25, -0.2) is 0 Å². The highest BCUT2D eigenvalue weighted by Gasteiger charge is 2.31. The Bertz CT molecular complexity index is 1050. The van der Waals surface area contributed by atoms with Crippen LogP contribution in [0.15, 0.2) is 67.0 Å². The van der Waals surface area contributed by atoms with Gasteiger partial charge in [0.25, 0.3) is 0 Å². The minimum Gasteiger partial charge on any atom is -0.323 e. The lowest BCUT2D eigenvalue weighted by molar-refractivity contribution is -0.125. The monoisotopic (exact) mass is 403 g/mol. The number of likely N-dealkylation sites (N-methyl/N-ethyl adjacent to an activating group) is 1. The van der Waals surface area contributed by atoms with Crippen molar-refractivity contribution in [3.05, 3.63) is 78.1 Å². The Kier molecular flexibility index (Phi) is 5.63. The summed E-state index contributed by atoms with van der Waals surface area (Å²) in [5.74, 6) is -0.282. The summed E-state index contributed by atoms with van der Waals surface area (Å²) in [7, 11) is 1.91. The molecule has 3 aromatic rings. The van der Waals surface area contributed by atoms with Gasteiger partial charge >= 0.3 is 0 Å². The molecule has 0 saturated heterocycles. The molecule has 1 unspecified atom stereocenters. The van der Waals surface area contributed by atoms with Crippen LogP contribution in [0.3, 0.4) is 0 Å². The number of amides is 2. The number of para-hydroxylation sites is 2. The standard InChI is InChI=1S/C23H25N5O2/c1-17(23(30)28-16-22(29)25-20-10-6-7-11-21(20)28)26(2)13-19-12-24-27(15-19)14-18-8-4-3-5-9-18/h3-12,15,17H,13-14,16H2,1-2H3,(H,25,29). The van der Waals surface area contributed by atoms with Crippen LogP contribution >= 0.6 is 0 Å². The van der Waals surface area contributed by atoms with Crippen molar-refractivity contribution in [2.24, 2.45) is 0 Å². The molecule has 0 bridgehead atoms. The summed E-state index contributed by atoms with van der Waals surface area (Å²) >= 11 is 0.